The molecule has 204 valence electrons. The molecule has 0 saturated carbocycles. The first-order chi connectivity index (χ1) is 18.2. The summed E-state index contributed by atoms with van der Waals surface area (Å²) >= 11 is 0. The zero-order valence-corrected chi connectivity index (χ0v) is 23.1. The number of nitrogens with zero attached hydrogens (tertiary/aromatic N) is 2. The van der Waals surface area contributed by atoms with Gasteiger partial charge in [0, 0.05) is 31.3 Å². The Morgan fingerprint density at radius 1 is 0.737 bits per heavy atom. The van der Waals surface area contributed by atoms with Crippen LogP contribution in [0.5, 0.6) is 28.7 Å². The smallest absolute Gasteiger partial charge is 0.265 e. The molecule has 0 aliphatic rings. The van der Waals surface area contributed by atoms with Gasteiger partial charge in [0.2, 0.25) is 5.91 Å². The highest BCUT2D eigenvalue weighted by Gasteiger charge is 2.32. The summed E-state index contributed by atoms with van der Waals surface area (Å²) in [7, 11) is 4.60. The van der Waals surface area contributed by atoms with Crippen molar-refractivity contribution in [2.45, 2.75) is 11.4 Å². The maximum atomic E-state index is 14.0. The fourth-order valence-electron chi connectivity index (χ4n) is 3.82. The number of methoxy groups -OCH3 is 5. The molecule has 38 heavy (non-hydrogen) atoms. The molecule has 0 N–H and O–H groups in total. The van der Waals surface area contributed by atoms with Crippen molar-refractivity contribution in [3.8, 4) is 28.7 Å². The van der Waals surface area contributed by atoms with Crippen molar-refractivity contribution in [3.63, 3.8) is 0 Å². The number of likely N-dealkylation sites (N-methyl/N-ethyl adjacent to an activating group) is 1. The minimum absolute atomic E-state index is 0.0970. The van der Waals surface area contributed by atoms with Crippen LogP contribution in [0.4, 0.5) is 5.69 Å². The third kappa shape index (κ3) is 6.05. The topological polar surface area (TPSA) is 104 Å². The lowest BCUT2D eigenvalue weighted by atomic mass is 10.2. The molecule has 3 aromatic rings. The van der Waals surface area contributed by atoms with Gasteiger partial charge in [0.15, 0.2) is 11.5 Å². The molecule has 0 aromatic heterocycles. The molecule has 10 nitrogen and oxygen atoms in total. The predicted molar refractivity (Wildman–Crippen MR) is 143 cm³/mol. The zero-order chi connectivity index (χ0) is 27.9. The second kappa shape index (κ2) is 12.4. The second-order valence-electron chi connectivity index (χ2n) is 8.13. The van der Waals surface area contributed by atoms with E-state index in [4.69, 9.17) is 23.7 Å². The summed E-state index contributed by atoms with van der Waals surface area (Å²) in [5.74, 6) is 1.40. The Kier molecular flexibility index (Phi) is 9.30. The Bertz CT molecular complexity index is 1380. The molecule has 3 rings (SSSR count). The third-order valence-electron chi connectivity index (χ3n) is 5.90. The van der Waals surface area contributed by atoms with Crippen molar-refractivity contribution >= 4 is 21.6 Å². The summed E-state index contributed by atoms with van der Waals surface area (Å²) < 4.78 is 55.8. The highest BCUT2D eigenvalue weighted by molar-refractivity contribution is 7.92. The van der Waals surface area contributed by atoms with Gasteiger partial charge in [-0.2, -0.15) is 0 Å². The summed E-state index contributed by atoms with van der Waals surface area (Å²) in [4.78, 5) is 14.8. The van der Waals surface area contributed by atoms with E-state index in [1.807, 2.05) is 18.2 Å². The van der Waals surface area contributed by atoms with E-state index in [1.54, 1.807) is 32.4 Å². The molecule has 0 radical (unpaired) electrons. The van der Waals surface area contributed by atoms with Gasteiger partial charge in [-0.25, -0.2) is 8.42 Å². The van der Waals surface area contributed by atoms with Crippen LogP contribution in [0.1, 0.15) is 5.56 Å². The highest BCUT2D eigenvalue weighted by atomic mass is 32.2. The summed E-state index contributed by atoms with van der Waals surface area (Å²) in [5, 5.41) is 0. The average molecular weight is 545 g/mol. The van der Waals surface area contributed by atoms with Crippen LogP contribution in [0.3, 0.4) is 0 Å². The number of rotatable bonds is 12. The Morgan fingerprint density at radius 2 is 1.37 bits per heavy atom. The van der Waals surface area contributed by atoms with Crippen molar-refractivity contribution < 1.29 is 36.9 Å². The number of hydrogen-bond acceptors (Lipinski definition) is 8. The van der Waals surface area contributed by atoms with E-state index in [9.17, 15) is 13.2 Å². The molecule has 3 aromatic carbocycles. The van der Waals surface area contributed by atoms with Crippen molar-refractivity contribution in [1.29, 1.82) is 0 Å². The molecular weight excluding hydrogens is 512 g/mol. The van der Waals surface area contributed by atoms with Crippen LogP contribution < -0.4 is 28.0 Å². The first kappa shape index (κ1) is 28.5. The molecule has 0 saturated heterocycles. The normalized spacial score (nSPS) is 10.9. The molecule has 0 aliphatic heterocycles. The Balaban J connectivity index is 2.07. The lowest BCUT2D eigenvalue weighted by Gasteiger charge is -2.28. The monoisotopic (exact) mass is 544 g/mol. The first-order valence-electron chi connectivity index (χ1n) is 11.5. The minimum Gasteiger partial charge on any atom is -0.497 e. The number of hydrogen-bond donors (Lipinski definition) is 0. The number of carbonyl (C=O) groups excluding carboxylic acids is 1. The quantitative estimate of drug-likeness (QED) is 0.341. The van der Waals surface area contributed by atoms with Gasteiger partial charge in [-0.1, -0.05) is 18.2 Å². The van der Waals surface area contributed by atoms with Gasteiger partial charge in [0.1, 0.15) is 23.8 Å². The molecule has 0 unspecified atom stereocenters. The fraction of sp³-hybridized carbons (Fsp3) is 0.296. The van der Waals surface area contributed by atoms with Crippen molar-refractivity contribution in [1.82, 2.24) is 4.90 Å². The van der Waals surface area contributed by atoms with Gasteiger partial charge < -0.3 is 28.6 Å². The Labute approximate surface area is 223 Å². The van der Waals surface area contributed by atoms with Gasteiger partial charge >= 0.3 is 0 Å². The summed E-state index contributed by atoms with van der Waals surface area (Å²) in [6, 6.07) is 16.2. The maximum Gasteiger partial charge on any atom is 0.265 e. The van der Waals surface area contributed by atoms with Crippen molar-refractivity contribution in [2.75, 3.05) is 53.4 Å². The van der Waals surface area contributed by atoms with Crippen LogP contribution in [0.15, 0.2) is 65.6 Å². The zero-order valence-electron chi connectivity index (χ0n) is 22.3. The van der Waals surface area contributed by atoms with Crippen LogP contribution in [-0.4, -0.2) is 68.4 Å². The number of sulfonamides is 1. The van der Waals surface area contributed by atoms with Gasteiger partial charge in [0.05, 0.1) is 46.1 Å². The second-order valence-corrected chi connectivity index (χ2v) is 9.99. The molecular formula is C27H32N2O8S. The molecule has 0 spiro atoms. The average Bonchev–Trinajstić information content (AvgIpc) is 2.94. The van der Waals surface area contributed by atoms with Gasteiger partial charge in [-0.15, -0.1) is 0 Å². The molecule has 11 heteroatoms. The van der Waals surface area contributed by atoms with Gasteiger partial charge in [-0.05, 0) is 30.3 Å². The van der Waals surface area contributed by atoms with E-state index in [2.05, 4.69) is 0 Å². The number of amides is 1. The molecule has 0 atom stereocenters. The Morgan fingerprint density at radius 3 is 2.00 bits per heavy atom. The number of ether oxygens (including phenoxy) is 5. The Hall–Kier alpha value is -4.12. The van der Waals surface area contributed by atoms with Gasteiger partial charge in [0.25, 0.3) is 10.0 Å². The van der Waals surface area contributed by atoms with Crippen LogP contribution >= 0.6 is 0 Å². The molecule has 0 fully saturated rings. The highest BCUT2D eigenvalue weighted by Crippen LogP contribution is 2.37. The van der Waals surface area contributed by atoms with Crippen LogP contribution in [-0.2, 0) is 21.4 Å². The van der Waals surface area contributed by atoms with E-state index in [0.717, 1.165) is 9.87 Å². The molecule has 0 heterocycles. The van der Waals surface area contributed by atoms with E-state index in [0.29, 0.717) is 17.2 Å². The number of benzene rings is 3. The summed E-state index contributed by atoms with van der Waals surface area (Å²) in [6.45, 7) is -0.297. The van der Waals surface area contributed by atoms with Crippen LogP contribution in [0.25, 0.3) is 0 Å². The predicted octanol–water partition coefficient (Wildman–Crippen LogP) is 3.58. The molecule has 0 bridgehead atoms. The van der Waals surface area contributed by atoms with E-state index in [-0.39, 0.29) is 28.6 Å². The first-order valence-corrected chi connectivity index (χ1v) is 13.0. The number of carbonyl (C=O) groups is 1. The fourth-order valence-corrected chi connectivity index (χ4v) is 5.25. The third-order valence-corrected chi connectivity index (χ3v) is 7.66. The lowest BCUT2D eigenvalue weighted by molar-refractivity contribution is -0.128. The SMILES string of the molecule is COc1ccc(OC)c(N(CC(=O)N(C)Cc2ccccc2OC)S(=O)(=O)c2ccc(OC)c(OC)c2)c1. The van der Waals surface area contributed by atoms with Gasteiger partial charge in [-0.3, -0.25) is 9.10 Å². The number of anilines is 1. The largest absolute Gasteiger partial charge is 0.497 e. The van der Waals surface area contributed by atoms with E-state index < -0.39 is 22.5 Å². The lowest BCUT2D eigenvalue weighted by Crippen LogP contribution is -2.41. The van der Waals surface area contributed by atoms with Crippen LogP contribution in [0, 0.1) is 0 Å². The van der Waals surface area contributed by atoms with E-state index >= 15 is 0 Å². The molecule has 0 aliphatic carbocycles. The molecule has 1 amide bonds. The van der Waals surface area contributed by atoms with E-state index in [1.165, 1.54) is 57.6 Å². The maximum absolute atomic E-state index is 14.0. The number of para-hydroxylation sites is 1. The van der Waals surface area contributed by atoms with Crippen molar-refractivity contribution in [2.24, 2.45) is 0 Å². The summed E-state index contributed by atoms with van der Waals surface area (Å²) in [5.41, 5.74) is 0.916. The van der Waals surface area contributed by atoms with Crippen LogP contribution in [0.2, 0.25) is 0 Å². The van der Waals surface area contributed by atoms with Crippen molar-refractivity contribution in [3.05, 3.63) is 66.2 Å². The standard InChI is InChI=1S/C27H32N2O8S/c1-28(17-19-9-7-8-10-23(19)34-3)27(30)18-29(22-15-20(33-2)11-13-24(22)35-4)38(31,32)21-12-14-25(36-5)26(16-21)37-6/h7-16H,17-18H2,1-6H3. The minimum atomic E-state index is -4.29. The summed E-state index contributed by atoms with van der Waals surface area (Å²) in [6.07, 6.45) is 0.